The van der Waals surface area contributed by atoms with Crippen molar-refractivity contribution in [1.82, 2.24) is 10.2 Å². The zero-order valence-electron chi connectivity index (χ0n) is 13.6. The van der Waals surface area contributed by atoms with Gasteiger partial charge < -0.3 is 10.4 Å². The number of amides is 1. The van der Waals surface area contributed by atoms with Crippen LogP contribution in [0.1, 0.15) is 30.9 Å². The van der Waals surface area contributed by atoms with Crippen molar-refractivity contribution >= 4 is 24.3 Å². The normalized spacial score (nSPS) is 19.5. The van der Waals surface area contributed by atoms with Crippen LogP contribution in [0.25, 0.3) is 0 Å². The number of likely N-dealkylation sites (tertiary alicyclic amines) is 1. The molecule has 23 heavy (non-hydrogen) atoms. The number of carboxylic acid groups (broad SMARTS) is 1. The number of carbonyl (C=O) groups excluding carboxylic acids is 1. The third kappa shape index (κ3) is 5.22. The van der Waals surface area contributed by atoms with E-state index in [9.17, 15) is 9.59 Å². The smallest absolute Gasteiger partial charge is 0.307 e. The molecule has 1 aromatic rings. The Labute approximate surface area is 143 Å². The molecule has 0 bridgehead atoms. The van der Waals surface area contributed by atoms with Gasteiger partial charge in [-0.3, -0.25) is 14.5 Å². The number of hydrogen-bond acceptors (Lipinski definition) is 3. The first kappa shape index (κ1) is 19.5. The molecule has 1 aliphatic rings. The molecule has 1 saturated heterocycles. The molecule has 2 atom stereocenters. The van der Waals surface area contributed by atoms with Crippen molar-refractivity contribution < 1.29 is 14.7 Å². The lowest BCUT2D eigenvalue weighted by molar-refractivity contribution is -0.145. The fraction of sp³-hybridized carbons (Fsp3) is 0.529. The maximum absolute atomic E-state index is 12.3. The van der Waals surface area contributed by atoms with Gasteiger partial charge in [-0.1, -0.05) is 24.3 Å². The van der Waals surface area contributed by atoms with Crippen molar-refractivity contribution in [1.29, 1.82) is 0 Å². The minimum Gasteiger partial charge on any atom is -0.481 e. The Balaban J connectivity index is 0.00000264. The van der Waals surface area contributed by atoms with E-state index in [2.05, 4.69) is 5.32 Å². The van der Waals surface area contributed by atoms with Crippen LogP contribution in [-0.2, 0) is 16.1 Å². The minimum absolute atomic E-state index is 0. The van der Waals surface area contributed by atoms with Gasteiger partial charge in [0.05, 0.1) is 12.0 Å². The third-order valence-electron chi connectivity index (χ3n) is 4.44. The molecule has 2 N–H and O–H groups in total. The Hall–Kier alpha value is -1.59. The van der Waals surface area contributed by atoms with Crippen LogP contribution in [0.2, 0.25) is 0 Å². The quantitative estimate of drug-likeness (QED) is 0.862. The van der Waals surface area contributed by atoms with Gasteiger partial charge in [0, 0.05) is 13.1 Å². The summed E-state index contributed by atoms with van der Waals surface area (Å²) in [6, 6.07) is 7.66. The van der Waals surface area contributed by atoms with Gasteiger partial charge in [0.25, 0.3) is 0 Å². The van der Waals surface area contributed by atoms with Gasteiger partial charge in [-0.25, -0.2) is 0 Å². The molecule has 0 radical (unpaired) electrons. The van der Waals surface area contributed by atoms with Gasteiger partial charge in [0.2, 0.25) is 5.91 Å². The van der Waals surface area contributed by atoms with E-state index in [-0.39, 0.29) is 30.3 Å². The lowest BCUT2D eigenvalue weighted by atomic mass is 9.97. The number of aliphatic carboxylic acids is 1. The lowest BCUT2D eigenvalue weighted by Crippen LogP contribution is -2.50. The SMILES string of the molecule is Cc1ccccc1CNC(=O)C(C)N1CCCC(C(=O)O)C1.Cl. The topological polar surface area (TPSA) is 69.6 Å². The van der Waals surface area contributed by atoms with Crippen molar-refractivity contribution in [2.45, 2.75) is 39.3 Å². The van der Waals surface area contributed by atoms with Crippen LogP contribution >= 0.6 is 12.4 Å². The van der Waals surface area contributed by atoms with E-state index in [0.29, 0.717) is 19.5 Å². The lowest BCUT2D eigenvalue weighted by Gasteiger charge is -2.34. The van der Waals surface area contributed by atoms with Gasteiger partial charge in [-0.05, 0) is 44.4 Å². The summed E-state index contributed by atoms with van der Waals surface area (Å²) in [6.07, 6.45) is 1.52. The van der Waals surface area contributed by atoms with Crippen LogP contribution in [0.5, 0.6) is 0 Å². The summed E-state index contributed by atoms with van der Waals surface area (Å²) in [5.74, 6) is -1.17. The second kappa shape index (κ2) is 8.89. The summed E-state index contributed by atoms with van der Waals surface area (Å²) in [6.45, 7) is 5.60. The number of rotatable bonds is 5. The zero-order valence-corrected chi connectivity index (χ0v) is 14.4. The number of benzene rings is 1. The molecule has 1 aliphatic heterocycles. The van der Waals surface area contributed by atoms with E-state index in [1.807, 2.05) is 43.0 Å². The largest absolute Gasteiger partial charge is 0.481 e. The molecule has 1 fully saturated rings. The monoisotopic (exact) mass is 340 g/mol. The number of carboxylic acids is 1. The van der Waals surface area contributed by atoms with Crippen molar-refractivity contribution in [3.63, 3.8) is 0 Å². The zero-order chi connectivity index (χ0) is 16.1. The second-order valence-corrected chi connectivity index (χ2v) is 5.99. The van der Waals surface area contributed by atoms with Gasteiger partial charge in [-0.2, -0.15) is 0 Å². The first-order chi connectivity index (χ1) is 10.5. The molecular weight excluding hydrogens is 316 g/mol. The molecule has 1 heterocycles. The molecule has 1 aromatic carbocycles. The summed E-state index contributed by atoms with van der Waals surface area (Å²) in [4.78, 5) is 25.4. The Morgan fingerprint density at radius 1 is 1.39 bits per heavy atom. The van der Waals surface area contributed by atoms with E-state index in [1.165, 1.54) is 0 Å². The average molecular weight is 341 g/mol. The Morgan fingerprint density at radius 3 is 2.74 bits per heavy atom. The number of aryl methyl sites for hydroxylation is 1. The van der Waals surface area contributed by atoms with Crippen LogP contribution in [-0.4, -0.2) is 41.0 Å². The van der Waals surface area contributed by atoms with Crippen molar-refractivity contribution in [3.8, 4) is 0 Å². The van der Waals surface area contributed by atoms with Crippen LogP contribution in [0.15, 0.2) is 24.3 Å². The van der Waals surface area contributed by atoms with Crippen molar-refractivity contribution in [2.75, 3.05) is 13.1 Å². The fourth-order valence-corrected chi connectivity index (χ4v) is 2.86. The van der Waals surface area contributed by atoms with E-state index in [0.717, 1.165) is 24.1 Å². The van der Waals surface area contributed by atoms with E-state index >= 15 is 0 Å². The van der Waals surface area contributed by atoms with Crippen molar-refractivity contribution in [3.05, 3.63) is 35.4 Å². The first-order valence-corrected chi connectivity index (χ1v) is 7.78. The maximum Gasteiger partial charge on any atom is 0.307 e. The average Bonchev–Trinajstić information content (AvgIpc) is 2.53. The molecule has 6 heteroatoms. The van der Waals surface area contributed by atoms with Crippen LogP contribution in [0.3, 0.4) is 0 Å². The molecular formula is C17H25ClN2O3. The second-order valence-electron chi connectivity index (χ2n) is 5.99. The third-order valence-corrected chi connectivity index (χ3v) is 4.44. The van der Waals surface area contributed by atoms with E-state index in [1.54, 1.807) is 0 Å². The number of piperidine rings is 1. The fourth-order valence-electron chi connectivity index (χ4n) is 2.86. The van der Waals surface area contributed by atoms with Crippen LogP contribution in [0.4, 0.5) is 0 Å². The number of carbonyl (C=O) groups is 2. The summed E-state index contributed by atoms with van der Waals surface area (Å²) in [5.41, 5.74) is 2.25. The highest BCUT2D eigenvalue weighted by Gasteiger charge is 2.30. The predicted octanol–water partition coefficient (Wildman–Crippen LogP) is 2.22. The van der Waals surface area contributed by atoms with Crippen LogP contribution < -0.4 is 5.32 Å². The maximum atomic E-state index is 12.3. The standard InChI is InChI=1S/C17H24N2O3.ClH/c1-12-6-3-4-7-14(12)10-18-16(20)13(2)19-9-5-8-15(11-19)17(21)22;/h3-4,6-7,13,15H,5,8-11H2,1-2H3,(H,18,20)(H,21,22);1H. The first-order valence-electron chi connectivity index (χ1n) is 7.78. The molecule has 2 unspecified atom stereocenters. The number of hydrogen-bond donors (Lipinski definition) is 2. The molecule has 128 valence electrons. The molecule has 1 amide bonds. The van der Waals surface area contributed by atoms with E-state index in [4.69, 9.17) is 5.11 Å². The van der Waals surface area contributed by atoms with Gasteiger partial charge in [-0.15, -0.1) is 12.4 Å². The molecule has 0 aromatic heterocycles. The summed E-state index contributed by atoms with van der Waals surface area (Å²) < 4.78 is 0. The summed E-state index contributed by atoms with van der Waals surface area (Å²) in [5, 5.41) is 12.1. The number of nitrogens with one attached hydrogen (secondary N) is 1. The molecule has 0 saturated carbocycles. The number of nitrogens with zero attached hydrogens (tertiary/aromatic N) is 1. The highest BCUT2D eigenvalue weighted by atomic mass is 35.5. The minimum atomic E-state index is -0.766. The Morgan fingerprint density at radius 2 is 2.09 bits per heavy atom. The van der Waals surface area contributed by atoms with Gasteiger partial charge in [0.15, 0.2) is 0 Å². The Kier molecular flexibility index (Phi) is 7.52. The van der Waals surface area contributed by atoms with Gasteiger partial charge in [0.1, 0.15) is 0 Å². The Bertz CT molecular complexity index is 550. The van der Waals surface area contributed by atoms with E-state index < -0.39 is 5.97 Å². The van der Waals surface area contributed by atoms with Crippen LogP contribution in [0, 0.1) is 12.8 Å². The highest BCUT2D eigenvalue weighted by Crippen LogP contribution is 2.18. The summed E-state index contributed by atoms with van der Waals surface area (Å²) >= 11 is 0. The predicted molar refractivity (Wildman–Crippen MR) is 91.7 cm³/mol. The molecule has 5 nitrogen and oxygen atoms in total. The molecule has 0 spiro atoms. The summed E-state index contributed by atoms with van der Waals surface area (Å²) in [7, 11) is 0. The molecule has 2 rings (SSSR count). The number of halogens is 1. The van der Waals surface area contributed by atoms with Crippen molar-refractivity contribution in [2.24, 2.45) is 5.92 Å². The highest BCUT2D eigenvalue weighted by molar-refractivity contribution is 5.85. The molecule has 0 aliphatic carbocycles. The van der Waals surface area contributed by atoms with Gasteiger partial charge >= 0.3 is 5.97 Å².